The van der Waals surface area contributed by atoms with E-state index in [9.17, 15) is 14.4 Å². The van der Waals surface area contributed by atoms with Gasteiger partial charge in [0, 0.05) is 27.1 Å². The highest BCUT2D eigenvalue weighted by atomic mass is 79.9. The van der Waals surface area contributed by atoms with Gasteiger partial charge in [-0.3, -0.25) is 19.3 Å². The van der Waals surface area contributed by atoms with Crippen molar-refractivity contribution < 1.29 is 18.8 Å². The zero-order chi connectivity index (χ0) is 24.4. The zero-order valence-electron chi connectivity index (χ0n) is 18.4. The van der Waals surface area contributed by atoms with E-state index >= 15 is 0 Å². The van der Waals surface area contributed by atoms with E-state index in [2.05, 4.69) is 21.2 Å². The molecule has 0 saturated carbocycles. The molecule has 0 spiro atoms. The van der Waals surface area contributed by atoms with Crippen molar-refractivity contribution >= 4 is 61.7 Å². The van der Waals surface area contributed by atoms with Gasteiger partial charge in [-0.1, -0.05) is 46.3 Å². The van der Waals surface area contributed by atoms with Crippen molar-refractivity contribution in [2.45, 2.75) is 19.6 Å². The van der Waals surface area contributed by atoms with Crippen LogP contribution in [0.5, 0.6) is 0 Å². The van der Waals surface area contributed by atoms with Crippen LogP contribution in [0.1, 0.15) is 16.9 Å². The molecule has 9 heteroatoms. The maximum absolute atomic E-state index is 13.0. The molecule has 1 fully saturated rings. The standard InChI is InChI=1S/C26H20BrN3O4S/c27-19-9-7-17(8-10-19)14-30-25(32)23(35-26(30)33)12-18-15-29(22-6-2-1-5-21(18)22)16-24(31)28-13-20-4-3-11-34-20/h1-12,15H,13-14,16H2,(H,28,31)/b23-12-. The Bertz CT molecular complexity index is 1440. The number of amides is 3. The van der Waals surface area contributed by atoms with Gasteiger partial charge in [-0.2, -0.15) is 0 Å². The Labute approximate surface area is 213 Å². The van der Waals surface area contributed by atoms with Crippen LogP contribution in [-0.4, -0.2) is 26.5 Å². The number of rotatable bonds is 7. The number of furan rings is 1. The van der Waals surface area contributed by atoms with Gasteiger partial charge in [0.25, 0.3) is 11.1 Å². The van der Waals surface area contributed by atoms with E-state index in [1.165, 1.54) is 4.90 Å². The van der Waals surface area contributed by atoms with Crippen molar-refractivity contribution in [3.63, 3.8) is 0 Å². The van der Waals surface area contributed by atoms with E-state index in [0.717, 1.165) is 38.3 Å². The number of halogens is 1. The quantitative estimate of drug-likeness (QED) is 0.305. The molecule has 176 valence electrons. The molecule has 7 nitrogen and oxygen atoms in total. The second-order valence-electron chi connectivity index (χ2n) is 7.98. The first-order chi connectivity index (χ1) is 17.0. The number of thioether (sulfide) groups is 1. The van der Waals surface area contributed by atoms with Crippen LogP contribution in [0.2, 0.25) is 0 Å². The summed E-state index contributed by atoms with van der Waals surface area (Å²) in [6.45, 7) is 0.635. The van der Waals surface area contributed by atoms with Crippen LogP contribution in [0, 0.1) is 0 Å². The Morgan fingerprint density at radius 3 is 2.63 bits per heavy atom. The summed E-state index contributed by atoms with van der Waals surface area (Å²) in [6, 6.07) is 18.7. The van der Waals surface area contributed by atoms with E-state index in [-0.39, 0.29) is 30.1 Å². The zero-order valence-corrected chi connectivity index (χ0v) is 20.8. The Balaban J connectivity index is 1.36. The van der Waals surface area contributed by atoms with Crippen LogP contribution in [0.15, 0.2) is 86.9 Å². The number of nitrogens with zero attached hydrogens (tertiary/aromatic N) is 2. The summed E-state index contributed by atoms with van der Waals surface area (Å²) in [5, 5.41) is 3.44. The average Bonchev–Trinajstić information content (AvgIpc) is 3.56. The number of nitrogens with one attached hydrogen (secondary N) is 1. The van der Waals surface area contributed by atoms with Crippen LogP contribution >= 0.6 is 27.7 Å². The van der Waals surface area contributed by atoms with Crippen LogP contribution in [-0.2, 0) is 29.2 Å². The highest BCUT2D eigenvalue weighted by Gasteiger charge is 2.35. The summed E-state index contributed by atoms with van der Waals surface area (Å²) in [5.41, 5.74) is 2.50. The van der Waals surface area contributed by atoms with E-state index in [1.807, 2.05) is 59.3 Å². The van der Waals surface area contributed by atoms with Gasteiger partial charge in [0.05, 0.1) is 24.3 Å². The van der Waals surface area contributed by atoms with E-state index in [1.54, 1.807) is 24.5 Å². The fourth-order valence-electron chi connectivity index (χ4n) is 3.88. The Hall–Kier alpha value is -3.56. The first kappa shape index (κ1) is 23.2. The SMILES string of the molecule is O=C(Cn1cc(/C=C2\SC(=O)N(Cc3ccc(Br)cc3)C2=O)c2ccccc21)NCc1ccco1. The average molecular weight is 550 g/mol. The molecule has 0 aliphatic carbocycles. The summed E-state index contributed by atoms with van der Waals surface area (Å²) >= 11 is 4.32. The lowest BCUT2D eigenvalue weighted by molar-refractivity contribution is -0.123. The molecule has 35 heavy (non-hydrogen) atoms. The van der Waals surface area contributed by atoms with Crippen molar-refractivity contribution in [2.24, 2.45) is 0 Å². The second-order valence-corrected chi connectivity index (χ2v) is 9.89. The van der Waals surface area contributed by atoms with Crippen molar-refractivity contribution in [2.75, 3.05) is 0 Å². The number of hydrogen-bond donors (Lipinski definition) is 1. The molecule has 0 atom stereocenters. The topological polar surface area (TPSA) is 84.5 Å². The molecule has 2 aromatic heterocycles. The number of aromatic nitrogens is 1. The summed E-state index contributed by atoms with van der Waals surface area (Å²) in [6.07, 6.45) is 5.12. The minimum atomic E-state index is -0.323. The summed E-state index contributed by atoms with van der Waals surface area (Å²) in [7, 11) is 0. The molecule has 1 N–H and O–H groups in total. The normalized spacial score (nSPS) is 14.9. The number of hydrogen-bond acceptors (Lipinski definition) is 5. The van der Waals surface area contributed by atoms with Gasteiger partial charge in [0.1, 0.15) is 12.3 Å². The Morgan fingerprint density at radius 2 is 1.86 bits per heavy atom. The van der Waals surface area contributed by atoms with Crippen molar-refractivity contribution in [3.8, 4) is 0 Å². The predicted octanol–water partition coefficient (Wildman–Crippen LogP) is 5.55. The molecule has 3 amide bonds. The molecule has 2 aromatic carbocycles. The number of imide groups is 1. The number of carbonyl (C=O) groups excluding carboxylic acids is 3. The summed E-state index contributed by atoms with van der Waals surface area (Å²) < 4.78 is 8.03. The predicted molar refractivity (Wildman–Crippen MR) is 138 cm³/mol. The monoisotopic (exact) mass is 549 g/mol. The fourth-order valence-corrected chi connectivity index (χ4v) is 4.97. The van der Waals surface area contributed by atoms with E-state index < -0.39 is 0 Å². The van der Waals surface area contributed by atoms with Crippen LogP contribution in [0.3, 0.4) is 0 Å². The van der Waals surface area contributed by atoms with Crippen LogP contribution in [0.4, 0.5) is 4.79 Å². The molecule has 0 radical (unpaired) electrons. The lowest BCUT2D eigenvalue weighted by atomic mass is 10.1. The van der Waals surface area contributed by atoms with Crippen LogP contribution in [0.25, 0.3) is 17.0 Å². The molecule has 0 bridgehead atoms. The van der Waals surface area contributed by atoms with E-state index in [0.29, 0.717) is 17.2 Å². The number of benzene rings is 2. The van der Waals surface area contributed by atoms with Crippen molar-refractivity contribution in [1.29, 1.82) is 0 Å². The maximum atomic E-state index is 13.0. The summed E-state index contributed by atoms with van der Waals surface area (Å²) in [4.78, 5) is 39.8. The Kier molecular flexibility index (Phi) is 6.61. The molecule has 4 aromatic rings. The molecular formula is C26H20BrN3O4S. The molecule has 3 heterocycles. The summed E-state index contributed by atoms with van der Waals surface area (Å²) in [5.74, 6) is 0.190. The van der Waals surface area contributed by atoms with Gasteiger partial charge in [-0.25, -0.2) is 0 Å². The molecule has 1 saturated heterocycles. The second kappa shape index (κ2) is 9.97. The van der Waals surface area contributed by atoms with Gasteiger partial charge in [-0.05, 0) is 53.7 Å². The minimum absolute atomic E-state index is 0.111. The van der Waals surface area contributed by atoms with Gasteiger partial charge in [0.2, 0.25) is 5.91 Å². The molecule has 1 aliphatic rings. The number of para-hydroxylation sites is 1. The molecule has 1 aliphatic heterocycles. The highest BCUT2D eigenvalue weighted by Crippen LogP contribution is 2.35. The lowest BCUT2D eigenvalue weighted by Gasteiger charge is -2.12. The van der Waals surface area contributed by atoms with E-state index in [4.69, 9.17) is 4.42 Å². The third-order valence-corrected chi connectivity index (χ3v) is 7.02. The van der Waals surface area contributed by atoms with Gasteiger partial charge in [0.15, 0.2) is 0 Å². The molecule has 0 unspecified atom stereocenters. The van der Waals surface area contributed by atoms with Gasteiger partial charge < -0.3 is 14.3 Å². The molecule has 5 rings (SSSR count). The minimum Gasteiger partial charge on any atom is -0.467 e. The Morgan fingerprint density at radius 1 is 1.06 bits per heavy atom. The number of carbonyl (C=O) groups is 3. The van der Waals surface area contributed by atoms with Crippen molar-refractivity contribution in [3.05, 3.63) is 99.4 Å². The fraction of sp³-hybridized carbons (Fsp3) is 0.115. The third kappa shape index (κ3) is 5.11. The smallest absolute Gasteiger partial charge is 0.293 e. The molecular weight excluding hydrogens is 530 g/mol. The number of fused-ring (bicyclic) bond motifs is 1. The third-order valence-electron chi connectivity index (χ3n) is 5.59. The van der Waals surface area contributed by atoms with Crippen molar-refractivity contribution in [1.82, 2.24) is 14.8 Å². The maximum Gasteiger partial charge on any atom is 0.293 e. The lowest BCUT2D eigenvalue weighted by Crippen LogP contribution is -2.27. The van der Waals surface area contributed by atoms with Gasteiger partial charge in [-0.15, -0.1) is 0 Å². The largest absolute Gasteiger partial charge is 0.467 e. The van der Waals surface area contributed by atoms with Gasteiger partial charge >= 0.3 is 0 Å². The first-order valence-corrected chi connectivity index (χ1v) is 12.5. The highest BCUT2D eigenvalue weighted by molar-refractivity contribution is 9.10. The van der Waals surface area contributed by atoms with Crippen LogP contribution < -0.4 is 5.32 Å². The first-order valence-electron chi connectivity index (χ1n) is 10.8.